The fourth-order valence-electron chi connectivity index (χ4n) is 1.78. The molecule has 2 heterocycles. The van der Waals surface area contributed by atoms with Gasteiger partial charge in [-0.05, 0) is 12.0 Å². The minimum absolute atomic E-state index is 0.0603. The smallest absolute Gasteiger partial charge is 0.417 e. The van der Waals surface area contributed by atoms with Gasteiger partial charge >= 0.3 is 13.4 Å². The lowest BCUT2D eigenvalue weighted by Gasteiger charge is -2.05. The van der Waals surface area contributed by atoms with Gasteiger partial charge in [0.05, 0.1) is 6.26 Å². The van der Waals surface area contributed by atoms with E-state index in [1.54, 1.807) is 0 Å². The van der Waals surface area contributed by atoms with E-state index in [0.29, 0.717) is 12.2 Å². The van der Waals surface area contributed by atoms with Crippen LogP contribution < -0.4 is 11.1 Å². The Hall–Kier alpha value is -1.56. The van der Waals surface area contributed by atoms with Gasteiger partial charge in [-0.1, -0.05) is 13.8 Å². The summed E-state index contributed by atoms with van der Waals surface area (Å²) in [5.41, 5.74) is 0.182. The molecule has 0 fully saturated rings. The number of rotatable bonds is 4. The first-order chi connectivity index (χ1) is 8.79. The molecule has 104 valence electrons. The molecule has 0 atom stereocenters. The van der Waals surface area contributed by atoms with Gasteiger partial charge in [0.15, 0.2) is 5.76 Å². The maximum atomic E-state index is 11.3. The van der Waals surface area contributed by atoms with Crippen LogP contribution in [0.4, 0.5) is 0 Å². The lowest BCUT2D eigenvalue weighted by Crippen LogP contribution is -2.06. The van der Waals surface area contributed by atoms with E-state index in [0.717, 1.165) is 6.26 Å². The average Bonchev–Trinajstić information content (AvgIpc) is 2.82. The largest absolute Gasteiger partial charge is 0.462 e. The van der Waals surface area contributed by atoms with Crippen LogP contribution in [0.2, 0.25) is 0 Å². The molecule has 0 bridgehead atoms. The third kappa shape index (κ3) is 2.89. The number of hydrogen-bond donors (Lipinski definition) is 3. The monoisotopic (exact) mass is 287 g/mol. The molecule has 0 aliphatic rings. The molecular weight excluding hydrogens is 273 g/mol. The number of H-pyrrole nitrogens is 1. The zero-order valence-corrected chi connectivity index (χ0v) is 11.3. The van der Waals surface area contributed by atoms with Crippen molar-refractivity contribution in [2.75, 3.05) is 0 Å². The third-order valence-corrected chi connectivity index (χ3v) is 3.48. The number of hydrogen-bond acceptors (Lipinski definition) is 4. The van der Waals surface area contributed by atoms with Gasteiger partial charge in [0.1, 0.15) is 16.8 Å². The predicted octanol–water partition coefficient (Wildman–Crippen LogP) is 1.23. The van der Waals surface area contributed by atoms with Crippen molar-refractivity contribution in [1.82, 2.24) is 4.98 Å². The second-order valence-corrected chi connectivity index (χ2v) is 6.16. The second kappa shape index (κ2) is 4.85. The minimum atomic E-state index is -4.48. The molecule has 0 spiro atoms. The molecule has 0 amide bonds. The number of aromatic amines is 1. The summed E-state index contributed by atoms with van der Waals surface area (Å²) in [5.74, 6) is -0.204. The summed E-state index contributed by atoms with van der Waals surface area (Å²) in [7, 11) is -4.48. The highest BCUT2D eigenvalue weighted by atomic mass is 31.2. The summed E-state index contributed by atoms with van der Waals surface area (Å²) in [6, 6.07) is 1.18. The molecule has 0 aromatic carbocycles. The van der Waals surface area contributed by atoms with Crippen LogP contribution in [-0.4, -0.2) is 14.8 Å². The van der Waals surface area contributed by atoms with E-state index < -0.39 is 13.4 Å². The quantitative estimate of drug-likeness (QED) is 0.728. The third-order valence-electron chi connectivity index (χ3n) is 2.50. The van der Waals surface area contributed by atoms with Crippen LogP contribution in [0.25, 0.3) is 11.5 Å². The highest BCUT2D eigenvalue weighted by Gasteiger charge is 2.28. The Balaban J connectivity index is 2.57. The molecule has 0 radical (unpaired) electrons. The van der Waals surface area contributed by atoms with Gasteiger partial charge < -0.3 is 18.6 Å². The maximum absolute atomic E-state index is 11.3. The van der Waals surface area contributed by atoms with Crippen LogP contribution in [0.1, 0.15) is 19.6 Å². The van der Waals surface area contributed by atoms with Gasteiger partial charge in [0.2, 0.25) is 0 Å². The van der Waals surface area contributed by atoms with E-state index in [4.69, 9.17) is 8.83 Å². The Labute approximate surface area is 108 Å². The zero-order chi connectivity index (χ0) is 14.2. The molecule has 0 aliphatic heterocycles. The standard InChI is InChI=1S/C11H14NO6P/c1-6(2)5-7-9(12-11(13)18-7)10-8(3-4-17-10)19(14,15)16/h3-4,6H,5H2,1-2H3,(H,12,13)(H2,14,15,16). The maximum Gasteiger partial charge on any atom is 0.417 e. The fourth-order valence-corrected chi connectivity index (χ4v) is 2.46. The molecular formula is C11H14NO6P. The van der Waals surface area contributed by atoms with Gasteiger partial charge in [0.25, 0.3) is 0 Å². The molecule has 2 aromatic heterocycles. The normalized spacial score (nSPS) is 12.3. The lowest BCUT2D eigenvalue weighted by atomic mass is 10.1. The van der Waals surface area contributed by atoms with E-state index >= 15 is 0 Å². The van der Waals surface area contributed by atoms with Crippen molar-refractivity contribution < 1.29 is 23.2 Å². The summed E-state index contributed by atoms with van der Waals surface area (Å²) in [6.45, 7) is 3.87. The summed E-state index contributed by atoms with van der Waals surface area (Å²) in [5, 5.41) is -0.269. The van der Waals surface area contributed by atoms with E-state index in [2.05, 4.69) is 4.98 Å². The Bertz CT molecular complexity index is 673. The molecule has 7 nitrogen and oxygen atoms in total. The van der Waals surface area contributed by atoms with Crippen LogP contribution in [0, 0.1) is 5.92 Å². The van der Waals surface area contributed by atoms with Gasteiger partial charge in [-0.25, -0.2) is 4.79 Å². The van der Waals surface area contributed by atoms with Gasteiger partial charge in [-0.3, -0.25) is 9.55 Å². The van der Waals surface area contributed by atoms with Crippen LogP contribution in [0.15, 0.2) is 26.0 Å². The van der Waals surface area contributed by atoms with Crippen molar-refractivity contribution in [2.24, 2.45) is 5.92 Å². The molecule has 0 unspecified atom stereocenters. The molecule has 19 heavy (non-hydrogen) atoms. The lowest BCUT2D eigenvalue weighted by molar-refractivity contribution is 0.387. The Morgan fingerprint density at radius 3 is 2.68 bits per heavy atom. The summed E-state index contributed by atoms with van der Waals surface area (Å²) < 4.78 is 21.4. The number of oxazole rings is 1. The molecule has 0 saturated carbocycles. The molecule has 8 heteroatoms. The number of nitrogens with one attached hydrogen (secondary N) is 1. The second-order valence-electron chi connectivity index (χ2n) is 4.59. The van der Waals surface area contributed by atoms with Crippen LogP contribution in [0.5, 0.6) is 0 Å². The first kappa shape index (κ1) is 13.9. The van der Waals surface area contributed by atoms with Crippen molar-refractivity contribution in [1.29, 1.82) is 0 Å². The first-order valence-corrected chi connectivity index (χ1v) is 7.26. The molecule has 2 aromatic rings. The fraction of sp³-hybridized carbons (Fsp3) is 0.364. The van der Waals surface area contributed by atoms with Crippen molar-refractivity contribution in [2.45, 2.75) is 20.3 Å². The van der Waals surface area contributed by atoms with Crippen LogP contribution >= 0.6 is 7.60 Å². The average molecular weight is 287 g/mol. The molecule has 2 rings (SSSR count). The Kier molecular flexibility index (Phi) is 3.54. The first-order valence-electron chi connectivity index (χ1n) is 5.65. The Morgan fingerprint density at radius 1 is 1.42 bits per heavy atom. The van der Waals surface area contributed by atoms with E-state index in [1.165, 1.54) is 6.07 Å². The predicted molar refractivity (Wildman–Crippen MR) is 67.3 cm³/mol. The van der Waals surface area contributed by atoms with E-state index in [1.807, 2.05) is 13.8 Å². The van der Waals surface area contributed by atoms with Crippen LogP contribution in [0.3, 0.4) is 0 Å². The van der Waals surface area contributed by atoms with Crippen molar-refractivity contribution >= 4 is 12.9 Å². The van der Waals surface area contributed by atoms with Gasteiger partial charge in [0, 0.05) is 6.42 Å². The number of aromatic nitrogens is 1. The van der Waals surface area contributed by atoms with Gasteiger partial charge in [-0.2, -0.15) is 0 Å². The summed E-state index contributed by atoms with van der Waals surface area (Å²) in [4.78, 5) is 32.2. The van der Waals surface area contributed by atoms with E-state index in [9.17, 15) is 19.1 Å². The van der Waals surface area contributed by atoms with Crippen molar-refractivity contribution in [3.63, 3.8) is 0 Å². The highest BCUT2D eigenvalue weighted by molar-refractivity contribution is 7.60. The zero-order valence-electron chi connectivity index (χ0n) is 10.4. The van der Waals surface area contributed by atoms with Gasteiger partial charge in [-0.15, -0.1) is 0 Å². The minimum Gasteiger partial charge on any atom is -0.462 e. The van der Waals surface area contributed by atoms with Crippen LogP contribution in [-0.2, 0) is 11.0 Å². The Morgan fingerprint density at radius 2 is 2.11 bits per heavy atom. The SMILES string of the molecule is CC(C)Cc1oc(=O)[nH]c1-c1occc1P(=O)(O)O. The number of furan rings is 1. The summed E-state index contributed by atoms with van der Waals surface area (Å²) >= 11 is 0. The van der Waals surface area contributed by atoms with Crippen molar-refractivity contribution in [3.05, 3.63) is 28.6 Å². The highest BCUT2D eigenvalue weighted by Crippen LogP contribution is 2.38. The topological polar surface area (TPSA) is 117 Å². The summed E-state index contributed by atoms with van der Waals surface area (Å²) in [6.07, 6.45) is 1.61. The van der Waals surface area contributed by atoms with E-state index in [-0.39, 0.29) is 22.7 Å². The molecule has 3 N–H and O–H groups in total. The molecule has 0 aliphatic carbocycles. The molecule has 0 saturated heterocycles. The van der Waals surface area contributed by atoms with Crippen molar-refractivity contribution in [3.8, 4) is 11.5 Å².